The van der Waals surface area contributed by atoms with E-state index in [0.717, 1.165) is 4.47 Å². The molecule has 6 heteroatoms. The van der Waals surface area contributed by atoms with Crippen molar-refractivity contribution in [2.75, 3.05) is 7.11 Å². The molecule has 88 valence electrons. The van der Waals surface area contributed by atoms with Crippen molar-refractivity contribution in [3.05, 3.63) is 38.7 Å². The summed E-state index contributed by atoms with van der Waals surface area (Å²) in [4.78, 5) is 27.6. The number of fused-ring (bicyclic) bond motifs is 1. The lowest BCUT2D eigenvalue weighted by Gasteiger charge is -2.07. The highest BCUT2D eigenvalue weighted by Gasteiger charge is 2.17. The van der Waals surface area contributed by atoms with Crippen LogP contribution in [0.25, 0.3) is 5.65 Å². The molecule has 0 amide bonds. The van der Waals surface area contributed by atoms with Crippen LogP contribution in [0.3, 0.4) is 0 Å². The van der Waals surface area contributed by atoms with Crippen molar-refractivity contribution in [2.45, 2.75) is 6.92 Å². The fourth-order valence-corrected chi connectivity index (χ4v) is 1.86. The van der Waals surface area contributed by atoms with Crippen LogP contribution in [0.5, 0.6) is 5.88 Å². The Bertz CT molecular complexity index is 664. The van der Waals surface area contributed by atoms with E-state index in [1.165, 1.54) is 18.4 Å². The van der Waals surface area contributed by atoms with Crippen LogP contribution in [0.2, 0.25) is 0 Å². The fourth-order valence-electron chi connectivity index (χ4n) is 1.54. The highest BCUT2D eigenvalue weighted by atomic mass is 79.9. The van der Waals surface area contributed by atoms with Crippen molar-refractivity contribution in [1.29, 1.82) is 0 Å². The van der Waals surface area contributed by atoms with Crippen LogP contribution in [-0.4, -0.2) is 22.3 Å². The number of ketones is 1. The second-order valence-corrected chi connectivity index (χ2v) is 4.35. The first-order valence-corrected chi connectivity index (χ1v) is 5.60. The summed E-state index contributed by atoms with van der Waals surface area (Å²) in [5, 5.41) is 0. The van der Waals surface area contributed by atoms with Crippen molar-refractivity contribution >= 4 is 27.4 Å². The van der Waals surface area contributed by atoms with Crippen molar-refractivity contribution < 1.29 is 9.53 Å². The van der Waals surface area contributed by atoms with Gasteiger partial charge < -0.3 is 4.74 Å². The van der Waals surface area contributed by atoms with Crippen LogP contribution >= 0.6 is 15.9 Å². The molecule has 2 rings (SSSR count). The number of Topliss-reactive ketones (excluding diaryl/α,β-unsaturated/α-hetero) is 1. The molecule has 0 saturated carbocycles. The quantitative estimate of drug-likeness (QED) is 0.791. The van der Waals surface area contributed by atoms with Gasteiger partial charge in [0.2, 0.25) is 5.88 Å². The smallest absolute Gasteiger partial charge is 0.272 e. The van der Waals surface area contributed by atoms with Crippen LogP contribution in [-0.2, 0) is 0 Å². The first kappa shape index (κ1) is 11.8. The number of pyridine rings is 1. The van der Waals surface area contributed by atoms with Crippen molar-refractivity contribution in [2.24, 2.45) is 0 Å². The maximum atomic E-state index is 12.1. The van der Waals surface area contributed by atoms with Crippen LogP contribution in [0.15, 0.2) is 27.6 Å². The van der Waals surface area contributed by atoms with Gasteiger partial charge in [-0.05, 0) is 19.1 Å². The van der Waals surface area contributed by atoms with Gasteiger partial charge in [0.25, 0.3) is 5.56 Å². The van der Waals surface area contributed by atoms with Gasteiger partial charge in [-0.2, -0.15) is 4.98 Å². The van der Waals surface area contributed by atoms with Crippen LogP contribution in [0, 0.1) is 0 Å². The minimum absolute atomic E-state index is 0.0349. The van der Waals surface area contributed by atoms with Crippen LogP contribution in [0.1, 0.15) is 17.3 Å². The van der Waals surface area contributed by atoms with E-state index in [2.05, 4.69) is 20.9 Å². The zero-order valence-electron chi connectivity index (χ0n) is 9.23. The number of halogens is 1. The van der Waals surface area contributed by atoms with Crippen LogP contribution in [0.4, 0.5) is 0 Å². The molecule has 0 spiro atoms. The number of methoxy groups -OCH3 is 1. The minimum Gasteiger partial charge on any atom is -0.480 e. The topological polar surface area (TPSA) is 60.7 Å². The van der Waals surface area contributed by atoms with Gasteiger partial charge in [0.15, 0.2) is 5.78 Å². The molecule has 0 fully saturated rings. The van der Waals surface area contributed by atoms with Crippen molar-refractivity contribution in [3.63, 3.8) is 0 Å². The molecule has 0 aliphatic rings. The Morgan fingerprint density at radius 3 is 2.82 bits per heavy atom. The maximum absolute atomic E-state index is 12.1. The van der Waals surface area contributed by atoms with Gasteiger partial charge in [0, 0.05) is 10.7 Å². The van der Waals surface area contributed by atoms with Gasteiger partial charge in [0.05, 0.1) is 7.11 Å². The highest BCUT2D eigenvalue weighted by molar-refractivity contribution is 9.10. The molecule has 0 unspecified atom stereocenters. The number of ether oxygens (including phenoxy) is 1. The third kappa shape index (κ3) is 1.95. The van der Waals surface area contributed by atoms with Crippen LogP contribution < -0.4 is 10.3 Å². The fraction of sp³-hybridized carbons (Fsp3) is 0.182. The molecule has 0 aliphatic heterocycles. The molecule has 0 aromatic carbocycles. The SMILES string of the molecule is COc1nc2cc(Br)ccn2c(=O)c1C(C)=O. The summed E-state index contributed by atoms with van der Waals surface area (Å²) in [6.45, 7) is 1.31. The summed E-state index contributed by atoms with van der Waals surface area (Å²) in [5.74, 6) is -0.308. The number of aromatic nitrogens is 2. The van der Waals surface area contributed by atoms with E-state index in [1.54, 1.807) is 18.3 Å². The number of carbonyl (C=O) groups excluding carboxylic acids is 1. The van der Waals surface area contributed by atoms with Gasteiger partial charge in [-0.25, -0.2) is 0 Å². The Morgan fingerprint density at radius 2 is 2.24 bits per heavy atom. The predicted octanol–water partition coefficient (Wildman–Crippen LogP) is 1.67. The number of rotatable bonds is 2. The summed E-state index contributed by atoms with van der Waals surface area (Å²) in [6, 6.07) is 3.38. The monoisotopic (exact) mass is 296 g/mol. The summed E-state index contributed by atoms with van der Waals surface area (Å²) in [7, 11) is 1.38. The molecule has 2 aromatic heterocycles. The largest absolute Gasteiger partial charge is 0.480 e. The van der Waals surface area contributed by atoms with E-state index < -0.39 is 5.56 Å². The number of carbonyl (C=O) groups is 1. The van der Waals surface area contributed by atoms with Gasteiger partial charge >= 0.3 is 0 Å². The lowest BCUT2D eigenvalue weighted by atomic mass is 10.2. The Balaban J connectivity index is 2.93. The molecule has 5 nitrogen and oxygen atoms in total. The number of hydrogen-bond acceptors (Lipinski definition) is 4. The van der Waals surface area contributed by atoms with Gasteiger partial charge in [-0.15, -0.1) is 0 Å². The summed E-state index contributed by atoms with van der Waals surface area (Å²) < 4.78 is 7.08. The lowest BCUT2D eigenvalue weighted by molar-refractivity contribution is 0.101. The maximum Gasteiger partial charge on any atom is 0.272 e. The summed E-state index contributed by atoms with van der Waals surface area (Å²) in [6.07, 6.45) is 1.56. The standard InChI is InChI=1S/C11H9BrN2O3/c1-6(15)9-10(17-2)13-8-5-7(12)3-4-14(8)11(9)16/h3-5H,1-2H3. The molecule has 0 aliphatic carbocycles. The Kier molecular flexibility index (Phi) is 2.97. The second kappa shape index (κ2) is 4.29. The van der Waals surface area contributed by atoms with Gasteiger partial charge in [-0.3, -0.25) is 14.0 Å². The molecule has 0 radical (unpaired) electrons. The van der Waals surface area contributed by atoms with E-state index in [1.807, 2.05) is 0 Å². The molecular weight excluding hydrogens is 288 g/mol. The van der Waals surface area contributed by atoms with Crippen molar-refractivity contribution in [1.82, 2.24) is 9.38 Å². The Labute approximate surface area is 105 Å². The minimum atomic E-state index is -0.424. The third-order valence-corrected chi connectivity index (χ3v) is 2.80. The van der Waals surface area contributed by atoms with E-state index in [9.17, 15) is 9.59 Å². The molecule has 0 N–H and O–H groups in total. The molecule has 2 aromatic rings. The first-order valence-electron chi connectivity index (χ1n) is 4.81. The number of nitrogens with zero attached hydrogens (tertiary/aromatic N) is 2. The molecule has 0 saturated heterocycles. The normalized spacial score (nSPS) is 10.5. The van der Waals surface area contributed by atoms with E-state index in [4.69, 9.17) is 4.74 Å². The number of hydrogen-bond donors (Lipinski definition) is 0. The summed E-state index contributed by atoms with van der Waals surface area (Å²) in [5.41, 5.74) is -0.0367. The van der Waals surface area contributed by atoms with Gasteiger partial charge in [0.1, 0.15) is 11.2 Å². The molecule has 0 bridgehead atoms. The Morgan fingerprint density at radius 1 is 1.53 bits per heavy atom. The Hall–Kier alpha value is -1.69. The third-order valence-electron chi connectivity index (χ3n) is 2.30. The predicted molar refractivity (Wildman–Crippen MR) is 65.7 cm³/mol. The van der Waals surface area contributed by atoms with E-state index >= 15 is 0 Å². The van der Waals surface area contributed by atoms with Crippen molar-refractivity contribution in [3.8, 4) is 5.88 Å². The average molecular weight is 297 g/mol. The van der Waals surface area contributed by atoms with E-state index in [-0.39, 0.29) is 17.2 Å². The molecule has 2 heterocycles. The summed E-state index contributed by atoms with van der Waals surface area (Å²) >= 11 is 3.29. The average Bonchev–Trinajstić information content (AvgIpc) is 2.27. The molecule has 0 atom stereocenters. The molecule has 17 heavy (non-hydrogen) atoms. The van der Waals surface area contributed by atoms with E-state index in [0.29, 0.717) is 5.65 Å². The first-order chi connectivity index (χ1) is 8.04. The van der Waals surface area contributed by atoms with Gasteiger partial charge in [-0.1, -0.05) is 15.9 Å². The molecular formula is C11H9BrN2O3. The zero-order valence-corrected chi connectivity index (χ0v) is 10.8. The highest BCUT2D eigenvalue weighted by Crippen LogP contribution is 2.16. The zero-order chi connectivity index (χ0) is 12.6. The lowest BCUT2D eigenvalue weighted by Crippen LogP contribution is -2.23. The second-order valence-electron chi connectivity index (χ2n) is 3.43.